The summed E-state index contributed by atoms with van der Waals surface area (Å²) in [6.45, 7) is 6.14. The summed E-state index contributed by atoms with van der Waals surface area (Å²) in [4.78, 5) is 2.66. The first-order valence-corrected chi connectivity index (χ1v) is 8.04. The Balaban J connectivity index is 1.64. The fourth-order valence-corrected chi connectivity index (χ4v) is 3.34. The molecule has 1 heterocycles. The van der Waals surface area contributed by atoms with Crippen LogP contribution in [0.3, 0.4) is 0 Å². The highest BCUT2D eigenvalue weighted by molar-refractivity contribution is 5.55. The number of nitrogens with zero attached hydrogens (tertiary/aromatic N) is 1. The molecule has 1 N–H and O–H groups in total. The van der Waals surface area contributed by atoms with E-state index in [-0.39, 0.29) is 0 Å². The Morgan fingerprint density at radius 2 is 2.10 bits per heavy atom. The van der Waals surface area contributed by atoms with Gasteiger partial charge in [0.15, 0.2) is 11.5 Å². The smallest absolute Gasteiger partial charge is 0.162 e. The Morgan fingerprint density at radius 3 is 2.76 bits per heavy atom. The van der Waals surface area contributed by atoms with Crippen LogP contribution in [-0.2, 0) is 0 Å². The fraction of sp³-hybridized carbons (Fsp3) is 0.647. The van der Waals surface area contributed by atoms with Crippen LogP contribution in [0.4, 0.5) is 5.69 Å². The van der Waals surface area contributed by atoms with E-state index >= 15 is 0 Å². The average Bonchev–Trinajstić information content (AvgIpc) is 3.25. The normalized spacial score (nSPS) is 25.9. The molecule has 1 aromatic carbocycles. The molecule has 2 unspecified atom stereocenters. The van der Waals surface area contributed by atoms with Gasteiger partial charge in [0.2, 0.25) is 0 Å². The minimum absolute atomic E-state index is 0.531. The topological polar surface area (TPSA) is 33.7 Å². The summed E-state index contributed by atoms with van der Waals surface area (Å²) in [7, 11) is 1.69. The third-order valence-corrected chi connectivity index (χ3v) is 4.47. The first-order valence-electron chi connectivity index (χ1n) is 8.04. The highest BCUT2D eigenvalue weighted by Crippen LogP contribution is 2.35. The molecule has 0 bridgehead atoms. The molecule has 2 aliphatic rings. The molecule has 3 rings (SSSR count). The van der Waals surface area contributed by atoms with E-state index in [1.165, 1.54) is 19.3 Å². The van der Waals surface area contributed by atoms with Gasteiger partial charge >= 0.3 is 0 Å². The van der Waals surface area contributed by atoms with Gasteiger partial charge in [0, 0.05) is 36.4 Å². The first kappa shape index (κ1) is 14.5. The monoisotopic (exact) mass is 290 g/mol. The number of likely N-dealkylation sites (tertiary alicyclic amines) is 1. The lowest BCUT2D eigenvalue weighted by atomic mass is 10.1. The van der Waals surface area contributed by atoms with Crippen LogP contribution < -0.4 is 14.8 Å². The Kier molecular flexibility index (Phi) is 4.24. The van der Waals surface area contributed by atoms with E-state index in [9.17, 15) is 0 Å². The molecule has 0 amide bonds. The Morgan fingerprint density at radius 1 is 1.29 bits per heavy atom. The number of rotatable bonds is 6. The second-order valence-electron chi connectivity index (χ2n) is 6.15. The summed E-state index contributed by atoms with van der Waals surface area (Å²) in [5, 5.41) is 3.65. The zero-order chi connectivity index (χ0) is 14.8. The van der Waals surface area contributed by atoms with Gasteiger partial charge < -0.3 is 14.8 Å². The molecule has 116 valence electrons. The number of benzene rings is 1. The number of methoxy groups -OCH3 is 1. The van der Waals surface area contributed by atoms with Gasteiger partial charge in [-0.3, -0.25) is 4.90 Å². The summed E-state index contributed by atoms with van der Waals surface area (Å²) >= 11 is 0. The number of anilines is 1. The molecule has 4 nitrogen and oxygen atoms in total. The van der Waals surface area contributed by atoms with Crippen LogP contribution in [-0.4, -0.2) is 43.3 Å². The van der Waals surface area contributed by atoms with Gasteiger partial charge in [0.1, 0.15) is 0 Å². The molecule has 1 saturated heterocycles. The zero-order valence-corrected chi connectivity index (χ0v) is 13.3. The second kappa shape index (κ2) is 6.14. The summed E-state index contributed by atoms with van der Waals surface area (Å²) in [6.07, 6.45) is 3.98. The van der Waals surface area contributed by atoms with Crippen LogP contribution in [0.2, 0.25) is 0 Å². The van der Waals surface area contributed by atoms with Crippen LogP contribution >= 0.6 is 0 Å². The third kappa shape index (κ3) is 3.26. The average molecular weight is 290 g/mol. The molecule has 0 radical (unpaired) electrons. The first-order chi connectivity index (χ1) is 10.2. The molecule has 4 heteroatoms. The molecule has 0 spiro atoms. The van der Waals surface area contributed by atoms with Crippen molar-refractivity contribution in [2.45, 2.75) is 51.2 Å². The Hall–Kier alpha value is -1.42. The van der Waals surface area contributed by atoms with Crippen molar-refractivity contribution in [3.63, 3.8) is 0 Å². The lowest BCUT2D eigenvalue weighted by Crippen LogP contribution is -2.31. The van der Waals surface area contributed by atoms with Crippen molar-refractivity contribution in [2.24, 2.45) is 0 Å². The van der Waals surface area contributed by atoms with Crippen molar-refractivity contribution < 1.29 is 9.47 Å². The molecule has 21 heavy (non-hydrogen) atoms. The van der Waals surface area contributed by atoms with Gasteiger partial charge in [-0.1, -0.05) is 0 Å². The van der Waals surface area contributed by atoms with E-state index in [0.29, 0.717) is 18.7 Å². The maximum atomic E-state index is 5.57. The SMILES string of the molecule is CCOc1ccc(NC2CC(C)N(C3CC3)C2)cc1OC. The van der Waals surface area contributed by atoms with Gasteiger partial charge in [0.05, 0.1) is 13.7 Å². The molecule has 1 aliphatic heterocycles. The van der Waals surface area contributed by atoms with E-state index in [4.69, 9.17) is 9.47 Å². The van der Waals surface area contributed by atoms with Gasteiger partial charge in [-0.15, -0.1) is 0 Å². The number of nitrogens with one attached hydrogen (secondary N) is 1. The predicted molar refractivity (Wildman–Crippen MR) is 85.4 cm³/mol. The van der Waals surface area contributed by atoms with E-state index in [1.54, 1.807) is 7.11 Å². The number of hydrogen-bond donors (Lipinski definition) is 1. The maximum absolute atomic E-state index is 5.57. The van der Waals surface area contributed by atoms with Gasteiger partial charge in [-0.2, -0.15) is 0 Å². The summed E-state index contributed by atoms with van der Waals surface area (Å²) in [6, 6.07) is 8.18. The molecular formula is C17H26N2O2. The van der Waals surface area contributed by atoms with Gasteiger partial charge in [-0.05, 0) is 45.2 Å². The van der Waals surface area contributed by atoms with Gasteiger partial charge in [0.25, 0.3) is 0 Å². The highest BCUT2D eigenvalue weighted by Gasteiger charge is 2.38. The molecule has 1 aromatic rings. The molecule has 1 saturated carbocycles. The summed E-state index contributed by atoms with van der Waals surface area (Å²) in [5.74, 6) is 1.61. The molecular weight excluding hydrogens is 264 g/mol. The van der Waals surface area contributed by atoms with Crippen molar-refractivity contribution in [3.8, 4) is 11.5 Å². The van der Waals surface area contributed by atoms with Crippen molar-refractivity contribution in [1.82, 2.24) is 4.90 Å². The molecule has 2 atom stereocenters. The predicted octanol–water partition coefficient (Wildman–Crippen LogP) is 3.13. The van der Waals surface area contributed by atoms with Crippen molar-refractivity contribution >= 4 is 5.69 Å². The van der Waals surface area contributed by atoms with E-state index in [0.717, 1.165) is 29.8 Å². The minimum Gasteiger partial charge on any atom is -0.493 e. The third-order valence-electron chi connectivity index (χ3n) is 4.47. The summed E-state index contributed by atoms with van der Waals surface area (Å²) < 4.78 is 11.0. The van der Waals surface area contributed by atoms with Crippen LogP contribution in [0.5, 0.6) is 11.5 Å². The lowest BCUT2D eigenvalue weighted by molar-refractivity contribution is 0.257. The minimum atomic E-state index is 0.531. The number of ether oxygens (including phenoxy) is 2. The Bertz CT molecular complexity index is 488. The molecule has 2 fully saturated rings. The van der Waals surface area contributed by atoms with E-state index in [1.807, 2.05) is 19.1 Å². The fourth-order valence-electron chi connectivity index (χ4n) is 3.34. The maximum Gasteiger partial charge on any atom is 0.162 e. The largest absolute Gasteiger partial charge is 0.493 e. The molecule has 1 aliphatic carbocycles. The number of hydrogen-bond acceptors (Lipinski definition) is 4. The summed E-state index contributed by atoms with van der Waals surface area (Å²) in [5.41, 5.74) is 1.12. The van der Waals surface area contributed by atoms with E-state index in [2.05, 4.69) is 23.2 Å². The van der Waals surface area contributed by atoms with E-state index < -0.39 is 0 Å². The van der Waals surface area contributed by atoms with Crippen LogP contribution in [0.1, 0.15) is 33.1 Å². The Labute approximate surface area is 127 Å². The standard InChI is InChI=1S/C17H26N2O2/c1-4-21-16-8-5-13(10-17(16)20-3)18-14-9-12(2)19(11-14)15-6-7-15/h5,8,10,12,14-15,18H,4,6-7,9,11H2,1-3H3. The van der Waals surface area contributed by atoms with Crippen molar-refractivity contribution in [3.05, 3.63) is 18.2 Å². The highest BCUT2D eigenvalue weighted by atomic mass is 16.5. The van der Waals surface area contributed by atoms with Crippen molar-refractivity contribution in [1.29, 1.82) is 0 Å². The second-order valence-corrected chi connectivity index (χ2v) is 6.15. The lowest BCUT2D eigenvalue weighted by Gasteiger charge is -2.20. The van der Waals surface area contributed by atoms with Crippen LogP contribution in [0.25, 0.3) is 0 Å². The zero-order valence-electron chi connectivity index (χ0n) is 13.3. The quantitative estimate of drug-likeness (QED) is 0.873. The van der Waals surface area contributed by atoms with Crippen molar-refractivity contribution in [2.75, 3.05) is 25.6 Å². The van der Waals surface area contributed by atoms with Crippen LogP contribution in [0.15, 0.2) is 18.2 Å². The molecule has 0 aromatic heterocycles. The van der Waals surface area contributed by atoms with Gasteiger partial charge in [-0.25, -0.2) is 0 Å². The van der Waals surface area contributed by atoms with Crippen LogP contribution in [0, 0.1) is 0 Å².